The van der Waals surface area contributed by atoms with Crippen LogP contribution < -0.4 is 5.32 Å². The predicted octanol–water partition coefficient (Wildman–Crippen LogP) is 3.51. The van der Waals surface area contributed by atoms with Gasteiger partial charge in [0.1, 0.15) is 5.69 Å². The highest BCUT2D eigenvalue weighted by Gasteiger charge is 2.08. The fourth-order valence-electron chi connectivity index (χ4n) is 2.28. The first kappa shape index (κ1) is 15.0. The molecule has 1 N–H and O–H groups in total. The van der Waals surface area contributed by atoms with Gasteiger partial charge in [0.2, 0.25) is 5.91 Å². The molecule has 3 aromatic rings. The van der Waals surface area contributed by atoms with Crippen molar-refractivity contribution in [3.63, 3.8) is 0 Å². The van der Waals surface area contributed by atoms with Crippen LogP contribution in [-0.2, 0) is 17.8 Å². The number of rotatable bonds is 5. The minimum Gasteiger partial charge on any atom is -0.356 e. The van der Waals surface area contributed by atoms with E-state index in [0.29, 0.717) is 24.4 Å². The number of carbonyl (C=O) groups excluding carboxylic acids is 1. The number of nitrogens with zero attached hydrogens (tertiary/aromatic N) is 1. The molecule has 4 nitrogen and oxygen atoms in total. The number of benzene rings is 2. The SMILES string of the molecule is Cc1ccc(-c2cc(CNC(=O)Cc3ccccc3)no2)cc1. The van der Waals surface area contributed by atoms with Crippen molar-refractivity contribution in [2.24, 2.45) is 0 Å². The Labute approximate surface area is 135 Å². The molecule has 0 aliphatic heterocycles. The fraction of sp³-hybridized carbons (Fsp3) is 0.158. The van der Waals surface area contributed by atoms with Crippen LogP contribution in [0.25, 0.3) is 11.3 Å². The average Bonchev–Trinajstić information content (AvgIpc) is 3.04. The van der Waals surface area contributed by atoms with E-state index in [1.807, 2.05) is 67.6 Å². The van der Waals surface area contributed by atoms with E-state index in [0.717, 1.165) is 11.1 Å². The van der Waals surface area contributed by atoms with Crippen molar-refractivity contribution in [3.8, 4) is 11.3 Å². The topological polar surface area (TPSA) is 55.1 Å². The smallest absolute Gasteiger partial charge is 0.224 e. The first-order chi connectivity index (χ1) is 11.2. The third kappa shape index (κ3) is 4.07. The molecule has 0 saturated heterocycles. The summed E-state index contributed by atoms with van der Waals surface area (Å²) < 4.78 is 5.34. The van der Waals surface area contributed by atoms with E-state index in [1.165, 1.54) is 5.56 Å². The van der Waals surface area contributed by atoms with Gasteiger partial charge in [0, 0.05) is 11.6 Å². The van der Waals surface area contributed by atoms with E-state index in [-0.39, 0.29) is 5.91 Å². The minimum absolute atomic E-state index is 0.0314. The van der Waals surface area contributed by atoms with Gasteiger partial charge in [-0.05, 0) is 12.5 Å². The van der Waals surface area contributed by atoms with Crippen LogP contribution in [0.5, 0.6) is 0 Å². The number of hydrogen-bond donors (Lipinski definition) is 1. The Morgan fingerprint density at radius 1 is 1.09 bits per heavy atom. The Balaban J connectivity index is 1.57. The van der Waals surface area contributed by atoms with Crippen molar-refractivity contribution >= 4 is 5.91 Å². The number of hydrogen-bond acceptors (Lipinski definition) is 3. The third-order valence-corrected chi connectivity index (χ3v) is 3.57. The molecule has 0 spiro atoms. The zero-order chi connectivity index (χ0) is 16.1. The van der Waals surface area contributed by atoms with E-state index in [4.69, 9.17) is 4.52 Å². The molecular formula is C19H18N2O2. The maximum absolute atomic E-state index is 11.9. The van der Waals surface area contributed by atoms with Gasteiger partial charge in [0.15, 0.2) is 5.76 Å². The highest BCUT2D eigenvalue weighted by Crippen LogP contribution is 2.20. The molecule has 0 aliphatic rings. The van der Waals surface area contributed by atoms with Crippen molar-refractivity contribution < 1.29 is 9.32 Å². The summed E-state index contributed by atoms with van der Waals surface area (Å²) in [4.78, 5) is 11.9. The quantitative estimate of drug-likeness (QED) is 0.785. The molecule has 23 heavy (non-hydrogen) atoms. The first-order valence-corrected chi connectivity index (χ1v) is 7.54. The molecule has 4 heteroatoms. The van der Waals surface area contributed by atoms with E-state index < -0.39 is 0 Å². The van der Waals surface area contributed by atoms with Crippen LogP contribution in [0.2, 0.25) is 0 Å². The molecule has 1 aromatic heterocycles. The Hall–Kier alpha value is -2.88. The summed E-state index contributed by atoms with van der Waals surface area (Å²) in [7, 11) is 0. The zero-order valence-electron chi connectivity index (χ0n) is 13.0. The van der Waals surface area contributed by atoms with Gasteiger partial charge in [-0.2, -0.15) is 0 Å². The van der Waals surface area contributed by atoms with E-state index >= 15 is 0 Å². The van der Waals surface area contributed by atoms with Crippen molar-refractivity contribution in [1.29, 1.82) is 0 Å². The number of aryl methyl sites for hydroxylation is 1. The van der Waals surface area contributed by atoms with Gasteiger partial charge >= 0.3 is 0 Å². The normalized spacial score (nSPS) is 10.5. The molecular weight excluding hydrogens is 288 g/mol. The number of nitrogens with one attached hydrogen (secondary N) is 1. The molecule has 0 aliphatic carbocycles. The number of aromatic nitrogens is 1. The van der Waals surface area contributed by atoms with Gasteiger partial charge in [-0.25, -0.2) is 0 Å². The van der Waals surface area contributed by atoms with Crippen LogP contribution in [0.15, 0.2) is 65.2 Å². The molecule has 0 unspecified atom stereocenters. The Morgan fingerprint density at radius 2 is 1.83 bits per heavy atom. The summed E-state index contributed by atoms with van der Waals surface area (Å²) >= 11 is 0. The molecule has 116 valence electrons. The van der Waals surface area contributed by atoms with Gasteiger partial charge in [0.05, 0.1) is 13.0 Å². The maximum Gasteiger partial charge on any atom is 0.224 e. The largest absolute Gasteiger partial charge is 0.356 e. The van der Waals surface area contributed by atoms with Crippen molar-refractivity contribution in [1.82, 2.24) is 10.5 Å². The number of amides is 1. The second kappa shape index (κ2) is 6.92. The lowest BCUT2D eigenvalue weighted by atomic mass is 10.1. The van der Waals surface area contributed by atoms with Crippen LogP contribution in [0, 0.1) is 6.92 Å². The van der Waals surface area contributed by atoms with Crippen molar-refractivity contribution in [2.75, 3.05) is 0 Å². The van der Waals surface area contributed by atoms with Crippen molar-refractivity contribution in [3.05, 3.63) is 77.5 Å². The first-order valence-electron chi connectivity index (χ1n) is 7.54. The molecule has 3 rings (SSSR count). The van der Waals surface area contributed by atoms with Crippen LogP contribution in [0.3, 0.4) is 0 Å². The molecule has 0 fully saturated rings. The Morgan fingerprint density at radius 3 is 2.57 bits per heavy atom. The zero-order valence-corrected chi connectivity index (χ0v) is 13.0. The second-order valence-corrected chi connectivity index (χ2v) is 5.49. The predicted molar refractivity (Wildman–Crippen MR) is 88.7 cm³/mol. The van der Waals surface area contributed by atoms with Crippen LogP contribution >= 0.6 is 0 Å². The minimum atomic E-state index is -0.0314. The lowest BCUT2D eigenvalue weighted by Gasteiger charge is -2.02. The monoisotopic (exact) mass is 306 g/mol. The third-order valence-electron chi connectivity index (χ3n) is 3.57. The van der Waals surface area contributed by atoms with Crippen LogP contribution in [-0.4, -0.2) is 11.1 Å². The van der Waals surface area contributed by atoms with Gasteiger partial charge in [0.25, 0.3) is 0 Å². The van der Waals surface area contributed by atoms with Gasteiger partial charge in [-0.15, -0.1) is 0 Å². The standard InChI is InChI=1S/C19H18N2O2/c1-14-7-9-16(10-8-14)18-12-17(21-23-18)13-20-19(22)11-15-5-3-2-4-6-15/h2-10,12H,11,13H2,1H3,(H,20,22). The summed E-state index contributed by atoms with van der Waals surface area (Å²) in [5.74, 6) is 0.674. The Bertz CT molecular complexity index is 777. The molecule has 2 aromatic carbocycles. The summed E-state index contributed by atoms with van der Waals surface area (Å²) in [5, 5.41) is 6.86. The van der Waals surface area contributed by atoms with E-state index in [1.54, 1.807) is 0 Å². The highest BCUT2D eigenvalue weighted by molar-refractivity contribution is 5.78. The molecule has 0 atom stereocenters. The van der Waals surface area contributed by atoms with Crippen molar-refractivity contribution in [2.45, 2.75) is 19.9 Å². The summed E-state index contributed by atoms with van der Waals surface area (Å²) in [6, 6.07) is 19.6. The van der Waals surface area contributed by atoms with Gasteiger partial charge in [-0.3, -0.25) is 4.79 Å². The van der Waals surface area contributed by atoms with Gasteiger partial charge < -0.3 is 9.84 Å². The highest BCUT2D eigenvalue weighted by atomic mass is 16.5. The van der Waals surface area contributed by atoms with Gasteiger partial charge in [-0.1, -0.05) is 65.3 Å². The van der Waals surface area contributed by atoms with E-state index in [2.05, 4.69) is 10.5 Å². The lowest BCUT2D eigenvalue weighted by molar-refractivity contribution is -0.120. The second-order valence-electron chi connectivity index (χ2n) is 5.49. The average molecular weight is 306 g/mol. The number of carbonyl (C=O) groups is 1. The summed E-state index contributed by atoms with van der Waals surface area (Å²) in [6.45, 7) is 2.40. The molecule has 0 bridgehead atoms. The van der Waals surface area contributed by atoms with E-state index in [9.17, 15) is 4.79 Å². The molecule has 0 radical (unpaired) electrons. The Kier molecular flexibility index (Phi) is 4.52. The fourth-order valence-corrected chi connectivity index (χ4v) is 2.28. The van der Waals surface area contributed by atoms with Crippen LogP contribution in [0.4, 0.5) is 0 Å². The molecule has 1 heterocycles. The lowest BCUT2D eigenvalue weighted by Crippen LogP contribution is -2.24. The molecule has 1 amide bonds. The van der Waals surface area contributed by atoms with Crippen LogP contribution in [0.1, 0.15) is 16.8 Å². The molecule has 0 saturated carbocycles. The maximum atomic E-state index is 11.9. The summed E-state index contributed by atoms with van der Waals surface area (Å²) in [6.07, 6.45) is 0.365. The summed E-state index contributed by atoms with van der Waals surface area (Å²) in [5.41, 5.74) is 3.87.